The van der Waals surface area contributed by atoms with Gasteiger partial charge in [-0.3, -0.25) is 9.36 Å². The predicted octanol–water partition coefficient (Wildman–Crippen LogP) is 0.727. The molecule has 1 unspecified atom stereocenters. The van der Waals surface area contributed by atoms with Crippen molar-refractivity contribution in [2.75, 3.05) is 7.11 Å². The van der Waals surface area contributed by atoms with Crippen LogP contribution in [0.2, 0.25) is 0 Å². The monoisotopic (exact) mass is 236 g/mol. The zero-order valence-electron chi connectivity index (χ0n) is 10.2. The molecule has 0 radical (unpaired) electrons. The Morgan fingerprint density at radius 3 is 2.82 bits per heavy atom. The standard InChI is InChI=1S/C11H16N4O2/c1-4-15-10(9(17-3)7-12-15)11(16)8-5-6-14(2)13-8/h5-7,11,16H,4H2,1-3H3. The van der Waals surface area contributed by atoms with Crippen molar-refractivity contribution in [1.29, 1.82) is 0 Å². The minimum Gasteiger partial charge on any atom is -0.493 e. The lowest BCUT2D eigenvalue weighted by atomic mass is 10.2. The Kier molecular flexibility index (Phi) is 3.14. The first-order valence-electron chi connectivity index (χ1n) is 5.44. The van der Waals surface area contributed by atoms with Crippen LogP contribution >= 0.6 is 0 Å². The van der Waals surface area contributed by atoms with E-state index in [0.717, 1.165) is 0 Å². The SMILES string of the molecule is CCn1ncc(OC)c1C(O)c1ccn(C)n1. The molecule has 0 amide bonds. The lowest BCUT2D eigenvalue weighted by Crippen LogP contribution is -2.11. The van der Waals surface area contributed by atoms with Crippen LogP contribution in [0.3, 0.4) is 0 Å². The van der Waals surface area contributed by atoms with Crippen LogP contribution in [0.5, 0.6) is 5.75 Å². The van der Waals surface area contributed by atoms with Crippen molar-refractivity contribution in [2.24, 2.45) is 7.05 Å². The van der Waals surface area contributed by atoms with E-state index in [1.807, 2.05) is 14.0 Å². The third-order valence-corrected chi connectivity index (χ3v) is 2.64. The number of ether oxygens (including phenoxy) is 1. The zero-order valence-corrected chi connectivity index (χ0v) is 10.2. The Labute approximate surface area is 99.4 Å². The second-order valence-electron chi connectivity index (χ2n) is 3.73. The van der Waals surface area contributed by atoms with Crippen LogP contribution in [0.4, 0.5) is 0 Å². The van der Waals surface area contributed by atoms with Gasteiger partial charge in [-0.1, -0.05) is 0 Å². The summed E-state index contributed by atoms with van der Waals surface area (Å²) in [5.74, 6) is 0.574. The van der Waals surface area contributed by atoms with E-state index >= 15 is 0 Å². The topological polar surface area (TPSA) is 65.1 Å². The van der Waals surface area contributed by atoms with Crippen LogP contribution in [0, 0.1) is 0 Å². The molecule has 0 aliphatic carbocycles. The van der Waals surface area contributed by atoms with Crippen molar-refractivity contribution >= 4 is 0 Å². The van der Waals surface area contributed by atoms with Gasteiger partial charge >= 0.3 is 0 Å². The summed E-state index contributed by atoms with van der Waals surface area (Å²) >= 11 is 0. The Hall–Kier alpha value is -1.82. The fourth-order valence-corrected chi connectivity index (χ4v) is 1.78. The van der Waals surface area contributed by atoms with E-state index in [2.05, 4.69) is 10.2 Å². The Balaban J connectivity index is 2.41. The maximum atomic E-state index is 10.3. The Morgan fingerprint density at radius 2 is 2.29 bits per heavy atom. The maximum Gasteiger partial charge on any atom is 0.163 e. The number of rotatable bonds is 4. The first-order valence-corrected chi connectivity index (χ1v) is 5.44. The molecular formula is C11H16N4O2. The van der Waals surface area contributed by atoms with E-state index in [-0.39, 0.29) is 0 Å². The third kappa shape index (κ3) is 2.03. The summed E-state index contributed by atoms with van der Waals surface area (Å²) in [7, 11) is 3.37. The van der Waals surface area contributed by atoms with Gasteiger partial charge in [0, 0.05) is 19.8 Å². The molecule has 0 bridgehead atoms. The molecule has 2 aromatic heterocycles. The Bertz CT molecular complexity index is 482. The summed E-state index contributed by atoms with van der Waals surface area (Å²) in [6, 6.07) is 1.77. The molecule has 0 aliphatic rings. The molecule has 0 saturated heterocycles. The second kappa shape index (κ2) is 4.58. The largest absolute Gasteiger partial charge is 0.493 e. The molecule has 0 fully saturated rings. The van der Waals surface area contributed by atoms with Crippen LogP contribution in [0.15, 0.2) is 18.5 Å². The molecule has 1 N–H and O–H groups in total. The summed E-state index contributed by atoms with van der Waals surface area (Å²) in [6.07, 6.45) is 2.57. The van der Waals surface area contributed by atoms with Gasteiger partial charge in [0.05, 0.1) is 19.0 Å². The highest BCUT2D eigenvalue weighted by atomic mass is 16.5. The molecule has 6 nitrogen and oxygen atoms in total. The average molecular weight is 236 g/mol. The van der Waals surface area contributed by atoms with Crippen molar-refractivity contribution in [3.8, 4) is 5.75 Å². The smallest absolute Gasteiger partial charge is 0.163 e. The third-order valence-electron chi connectivity index (χ3n) is 2.64. The minimum absolute atomic E-state index is 0.574. The number of aromatic nitrogens is 4. The molecule has 1 atom stereocenters. The summed E-state index contributed by atoms with van der Waals surface area (Å²) in [4.78, 5) is 0. The first-order chi connectivity index (χ1) is 8.17. The quantitative estimate of drug-likeness (QED) is 0.849. The van der Waals surface area contributed by atoms with Crippen molar-refractivity contribution in [1.82, 2.24) is 19.6 Å². The van der Waals surface area contributed by atoms with Gasteiger partial charge in [-0.25, -0.2) is 0 Å². The van der Waals surface area contributed by atoms with Crippen LogP contribution in [0.25, 0.3) is 0 Å². The molecule has 2 aromatic rings. The lowest BCUT2D eigenvalue weighted by molar-refractivity contribution is 0.197. The Morgan fingerprint density at radius 1 is 1.53 bits per heavy atom. The van der Waals surface area contributed by atoms with E-state index in [1.54, 1.807) is 34.9 Å². The molecule has 0 aliphatic heterocycles. The van der Waals surface area contributed by atoms with E-state index in [4.69, 9.17) is 4.74 Å². The highest BCUT2D eigenvalue weighted by molar-refractivity contribution is 5.31. The maximum absolute atomic E-state index is 10.3. The van der Waals surface area contributed by atoms with Crippen molar-refractivity contribution in [3.05, 3.63) is 29.8 Å². The van der Waals surface area contributed by atoms with E-state index < -0.39 is 6.10 Å². The number of hydrogen-bond donors (Lipinski definition) is 1. The van der Waals surface area contributed by atoms with Crippen LogP contribution < -0.4 is 4.74 Å². The summed E-state index contributed by atoms with van der Waals surface area (Å²) in [6.45, 7) is 2.63. The zero-order chi connectivity index (χ0) is 12.4. The normalized spacial score (nSPS) is 12.7. The van der Waals surface area contributed by atoms with E-state index in [9.17, 15) is 5.11 Å². The van der Waals surface area contributed by atoms with E-state index in [0.29, 0.717) is 23.7 Å². The molecule has 17 heavy (non-hydrogen) atoms. The number of hydrogen-bond acceptors (Lipinski definition) is 4. The number of methoxy groups -OCH3 is 1. The minimum atomic E-state index is -0.825. The summed E-state index contributed by atoms with van der Waals surface area (Å²) in [5, 5.41) is 18.6. The van der Waals surface area contributed by atoms with Gasteiger partial charge in [0.25, 0.3) is 0 Å². The molecule has 2 rings (SSSR count). The predicted molar refractivity (Wildman–Crippen MR) is 61.7 cm³/mol. The molecule has 0 spiro atoms. The molecule has 6 heteroatoms. The fourth-order valence-electron chi connectivity index (χ4n) is 1.78. The number of aryl methyl sites for hydroxylation is 2. The van der Waals surface area contributed by atoms with Gasteiger partial charge in [0.1, 0.15) is 11.8 Å². The van der Waals surface area contributed by atoms with Crippen LogP contribution in [0.1, 0.15) is 24.4 Å². The summed E-state index contributed by atoms with van der Waals surface area (Å²) in [5.41, 5.74) is 1.22. The van der Waals surface area contributed by atoms with Crippen LogP contribution in [-0.4, -0.2) is 31.8 Å². The van der Waals surface area contributed by atoms with Gasteiger partial charge in [-0.05, 0) is 13.0 Å². The highest BCUT2D eigenvalue weighted by Crippen LogP contribution is 2.28. The number of aliphatic hydroxyl groups is 1. The summed E-state index contributed by atoms with van der Waals surface area (Å²) < 4.78 is 8.56. The molecule has 0 saturated carbocycles. The second-order valence-corrected chi connectivity index (χ2v) is 3.73. The average Bonchev–Trinajstić information content (AvgIpc) is 2.93. The fraction of sp³-hybridized carbons (Fsp3) is 0.455. The lowest BCUT2D eigenvalue weighted by Gasteiger charge is -2.12. The number of aliphatic hydroxyl groups excluding tert-OH is 1. The molecular weight excluding hydrogens is 220 g/mol. The van der Waals surface area contributed by atoms with E-state index in [1.165, 1.54) is 0 Å². The van der Waals surface area contributed by atoms with Gasteiger partial charge in [0.2, 0.25) is 0 Å². The molecule has 2 heterocycles. The van der Waals surface area contributed by atoms with Gasteiger partial charge in [0.15, 0.2) is 5.75 Å². The van der Waals surface area contributed by atoms with Gasteiger partial charge < -0.3 is 9.84 Å². The first kappa shape index (κ1) is 11.7. The highest BCUT2D eigenvalue weighted by Gasteiger charge is 2.22. The molecule has 92 valence electrons. The van der Waals surface area contributed by atoms with Crippen molar-refractivity contribution < 1.29 is 9.84 Å². The molecule has 0 aromatic carbocycles. The van der Waals surface area contributed by atoms with Gasteiger partial charge in [-0.2, -0.15) is 10.2 Å². The number of nitrogens with zero attached hydrogens (tertiary/aromatic N) is 4. The van der Waals surface area contributed by atoms with Crippen molar-refractivity contribution in [2.45, 2.75) is 19.6 Å². The van der Waals surface area contributed by atoms with Crippen molar-refractivity contribution in [3.63, 3.8) is 0 Å². The van der Waals surface area contributed by atoms with Crippen LogP contribution in [-0.2, 0) is 13.6 Å². The van der Waals surface area contributed by atoms with Gasteiger partial charge in [-0.15, -0.1) is 0 Å².